The van der Waals surface area contributed by atoms with Gasteiger partial charge in [0.25, 0.3) is 5.91 Å². The maximum atomic E-state index is 13.9. The summed E-state index contributed by atoms with van der Waals surface area (Å²) in [6.07, 6.45) is 1.68. The van der Waals surface area contributed by atoms with Crippen LogP contribution in [0.2, 0.25) is 0 Å². The molecule has 3 rings (SSSR count). The van der Waals surface area contributed by atoms with Gasteiger partial charge in [0.2, 0.25) is 0 Å². The van der Waals surface area contributed by atoms with E-state index in [9.17, 15) is 9.18 Å². The minimum atomic E-state index is -0.498. The summed E-state index contributed by atoms with van der Waals surface area (Å²) >= 11 is 8.58. The van der Waals surface area contributed by atoms with Gasteiger partial charge in [-0.2, -0.15) is 0 Å². The Morgan fingerprint density at radius 1 is 1.14 bits per heavy atom. The van der Waals surface area contributed by atoms with Gasteiger partial charge in [0.15, 0.2) is 5.11 Å². The highest BCUT2D eigenvalue weighted by Crippen LogP contribution is 2.26. The van der Waals surface area contributed by atoms with Crippen LogP contribution < -0.4 is 10.2 Å². The van der Waals surface area contributed by atoms with Gasteiger partial charge < -0.3 is 5.32 Å². The van der Waals surface area contributed by atoms with Crippen LogP contribution in [0.4, 0.5) is 10.1 Å². The Bertz CT molecular complexity index is 806. The number of hydrogen-bond donors (Lipinski definition) is 1. The number of carbonyl (C=O) groups excluding carboxylic acids is 1. The summed E-state index contributed by atoms with van der Waals surface area (Å²) in [6.45, 7) is 0. The van der Waals surface area contributed by atoms with E-state index in [0.717, 1.165) is 14.9 Å². The molecule has 1 saturated heterocycles. The lowest BCUT2D eigenvalue weighted by molar-refractivity contribution is -0.113. The number of amides is 1. The molecule has 1 aliphatic rings. The molecule has 2 aromatic rings. The number of nitrogens with one attached hydrogen (secondary N) is 1. The molecular weight excluding hydrogens is 367 g/mol. The van der Waals surface area contributed by atoms with Crippen molar-refractivity contribution in [3.05, 3.63) is 70.1 Å². The first kappa shape index (κ1) is 14.9. The van der Waals surface area contributed by atoms with Crippen molar-refractivity contribution in [2.75, 3.05) is 4.90 Å². The zero-order valence-corrected chi connectivity index (χ0v) is 13.6. The van der Waals surface area contributed by atoms with Gasteiger partial charge in [0.05, 0.1) is 5.69 Å². The zero-order valence-electron chi connectivity index (χ0n) is 11.2. The summed E-state index contributed by atoms with van der Waals surface area (Å²) in [5.74, 6) is -0.881. The summed E-state index contributed by atoms with van der Waals surface area (Å²) in [5.41, 5.74) is 1.28. The number of halogens is 2. The van der Waals surface area contributed by atoms with Gasteiger partial charge in [-0.1, -0.05) is 46.3 Å². The van der Waals surface area contributed by atoms with E-state index in [1.807, 2.05) is 24.3 Å². The Morgan fingerprint density at radius 2 is 1.82 bits per heavy atom. The summed E-state index contributed by atoms with van der Waals surface area (Å²) in [7, 11) is 0. The highest BCUT2D eigenvalue weighted by Gasteiger charge is 2.33. The van der Waals surface area contributed by atoms with Crippen molar-refractivity contribution in [1.82, 2.24) is 5.32 Å². The second kappa shape index (κ2) is 5.98. The van der Waals surface area contributed by atoms with E-state index in [2.05, 4.69) is 21.2 Å². The quantitative estimate of drug-likeness (QED) is 0.638. The molecule has 0 bridgehead atoms. The van der Waals surface area contributed by atoms with Gasteiger partial charge in [-0.25, -0.2) is 9.29 Å². The average molecular weight is 377 g/mol. The number of rotatable bonds is 2. The minimum Gasteiger partial charge on any atom is -0.327 e. The van der Waals surface area contributed by atoms with E-state index in [1.165, 1.54) is 12.1 Å². The van der Waals surface area contributed by atoms with Gasteiger partial charge >= 0.3 is 0 Å². The number of anilines is 1. The third kappa shape index (κ3) is 2.67. The van der Waals surface area contributed by atoms with Gasteiger partial charge in [-0.3, -0.25) is 4.79 Å². The lowest BCUT2D eigenvalue weighted by Gasteiger charge is -2.14. The van der Waals surface area contributed by atoms with Crippen molar-refractivity contribution < 1.29 is 9.18 Å². The predicted octanol–water partition coefficient (Wildman–Crippen LogP) is 3.85. The van der Waals surface area contributed by atoms with Gasteiger partial charge in [0, 0.05) is 4.47 Å². The molecule has 6 heteroatoms. The van der Waals surface area contributed by atoms with Crippen molar-refractivity contribution in [3.63, 3.8) is 0 Å². The molecular formula is C16H10BrFN2OS. The molecule has 1 amide bonds. The molecule has 1 aliphatic heterocycles. The van der Waals surface area contributed by atoms with E-state index in [-0.39, 0.29) is 16.7 Å². The Labute approximate surface area is 140 Å². The van der Waals surface area contributed by atoms with Crippen LogP contribution in [0, 0.1) is 5.82 Å². The standard InChI is InChI=1S/C16H10BrFN2OS/c17-11-6-2-1-5-10(11)9-13-15(21)20(16(22)19-13)14-8-4-3-7-12(14)18/h1-9H,(H,19,22)/b13-9+. The maximum absolute atomic E-state index is 13.9. The fourth-order valence-electron chi connectivity index (χ4n) is 2.13. The number of thiocarbonyl (C=S) groups is 1. The number of hydrogen-bond acceptors (Lipinski definition) is 2. The molecule has 22 heavy (non-hydrogen) atoms. The first-order valence-corrected chi connectivity index (χ1v) is 7.64. The fraction of sp³-hybridized carbons (Fsp3) is 0. The monoisotopic (exact) mass is 376 g/mol. The molecule has 1 N–H and O–H groups in total. The second-order valence-electron chi connectivity index (χ2n) is 4.60. The summed E-state index contributed by atoms with van der Waals surface area (Å²) in [6, 6.07) is 13.5. The number of nitrogens with zero attached hydrogens (tertiary/aromatic N) is 1. The van der Waals surface area contributed by atoms with Crippen molar-refractivity contribution >= 4 is 50.9 Å². The third-order valence-electron chi connectivity index (χ3n) is 3.18. The van der Waals surface area contributed by atoms with Crippen LogP contribution >= 0.6 is 28.1 Å². The Hall–Kier alpha value is -2.05. The van der Waals surface area contributed by atoms with Crippen LogP contribution in [0.5, 0.6) is 0 Å². The molecule has 0 radical (unpaired) electrons. The molecule has 110 valence electrons. The van der Waals surface area contributed by atoms with E-state index >= 15 is 0 Å². The maximum Gasteiger partial charge on any atom is 0.281 e. The fourth-order valence-corrected chi connectivity index (χ4v) is 2.83. The topological polar surface area (TPSA) is 32.3 Å². The van der Waals surface area contributed by atoms with Crippen molar-refractivity contribution in [2.45, 2.75) is 0 Å². The molecule has 3 nitrogen and oxygen atoms in total. The van der Waals surface area contributed by atoms with Crippen LogP contribution in [0.1, 0.15) is 5.56 Å². The predicted molar refractivity (Wildman–Crippen MR) is 91.7 cm³/mol. The Balaban J connectivity index is 1.99. The van der Waals surface area contributed by atoms with Crippen LogP contribution in [0.25, 0.3) is 6.08 Å². The van der Waals surface area contributed by atoms with E-state index in [4.69, 9.17) is 12.2 Å². The highest BCUT2D eigenvalue weighted by molar-refractivity contribution is 9.10. The number of benzene rings is 2. The average Bonchev–Trinajstić information content (AvgIpc) is 2.77. The molecule has 0 unspecified atom stereocenters. The van der Waals surface area contributed by atoms with Gasteiger partial charge in [-0.05, 0) is 42.1 Å². The molecule has 0 saturated carbocycles. The lowest BCUT2D eigenvalue weighted by atomic mass is 10.2. The summed E-state index contributed by atoms with van der Waals surface area (Å²) in [5, 5.41) is 3.00. The third-order valence-corrected chi connectivity index (χ3v) is 4.18. The van der Waals surface area contributed by atoms with Crippen molar-refractivity contribution in [3.8, 4) is 0 Å². The smallest absolute Gasteiger partial charge is 0.281 e. The molecule has 2 aromatic carbocycles. The minimum absolute atomic E-state index is 0.139. The molecule has 0 aliphatic carbocycles. The van der Waals surface area contributed by atoms with Crippen molar-refractivity contribution in [1.29, 1.82) is 0 Å². The number of carbonyl (C=O) groups is 1. The SMILES string of the molecule is O=C1/C(=C\c2ccccc2Br)NC(=S)N1c1ccccc1F. The van der Waals surface area contributed by atoms with Crippen molar-refractivity contribution in [2.24, 2.45) is 0 Å². The highest BCUT2D eigenvalue weighted by atomic mass is 79.9. The molecule has 0 aromatic heterocycles. The molecule has 0 spiro atoms. The lowest BCUT2D eigenvalue weighted by Crippen LogP contribution is -2.31. The van der Waals surface area contributed by atoms with E-state index in [1.54, 1.807) is 18.2 Å². The van der Waals surface area contributed by atoms with Gasteiger partial charge in [-0.15, -0.1) is 0 Å². The van der Waals surface area contributed by atoms with E-state index < -0.39 is 5.82 Å². The van der Waals surface area contributed by atoms with Gasteiger partial charge in [0.1, 0.15) is 11.5 Å². The first-order chi connectivity index (χ1) is 10.6. The zero-order chi connectivity index (χ0) is 15.7. The van der Waals surface area contributed by atoms with E-state index in [0.29, 0.717) is 5.70 Å². The summed E-state index contributed by atoms with van der Waals surface area (Å²) < 4.78 is 14.8. The van der Waals surface area contributed by atoms with Crippen LogP contribution in [0.15, 0.2) is 58.7 Å². The Kier molecular flexibility index (Phi) is 4.04. The van der Waals surface area contributed by atoms with Crippen LogP contribution in [-0.2, 0) is 4.79 Å². The molecule has 1 heterocycles. The normalized spacial score (nSPS) is 16.3. The first-order valence-electron chi connectivity index (χ1n) is 6.44. The molecule has 1 fully saturated rings. The Morgan fingerprint density at radius 3 is 2.55 bits per heavy atom. The van der Waals surface area contributed by atoms with Crippen LogP contribution in [-0.4, -0.2) is 11.0 Å². The second-order valence-corrected chi connectivity index (χ2v) is 5.84. The summed E-state index contributed by atoms with van der Waals surface area (Å²) in [4.78, 5) is 13.7. The number of para-hydroxylation sites is 1. The largest absolute Gasteiger partial charge is 0.327 e. The van der Waals surface area contributed by atoms with Crippen LogP contribution in [0.3, 0.4) is 0 Å². The molecule has 0 atom stereocenters.